The fourth-order valence-electron chi connectivity index (χ4n) is 6.50. The van der Waals surface area contributed by atoms with E-state index in [0.717, 1.165) is 11.5 Å². The van der Waals surface area contributed by atoms with Gasteiger partial charge in [0.05, 0.1) is 0 Å². The Morgan fingerprint density at radius 2 is 1.00 bits per heavy atom. The maximum atomic E-state index is 6.49. The number of anilines is 2. The van der Waals surface area contributed by atoms with Crippen LogP contribution in [-0.4, -0.2) is 14.9 Å². The molecule has 2 nitrogen and oxygen atoms in total. The van der Waals surface area contributed by atoms with Gasteiger partial charge in [-0.05, 0) is 55.4 Å². The van der Waals surface area contributed by atoms with Crippen molar-refractivity contribution in [1.29, 1.82) is 0 Å². The van der Waals surface area contributed by atoms with Gasteiger partial charge < -0.3 is 9.55 Å². The molecule has 0 amide bonds. The molecule has 0 saturated heterocycles. The molecule has 2 aliphatic rings. The molecule has 0 unspecified atom stereocenters. The van der Waals surface area contributed by atoms with Crippen LogP contribution in [0.1, 0.15) is 52.7 Å². The molecule has 38 heavy (non-hydrogen) atoms. The topological polar surface area (TPSA) is 12.5 Å². The molecule has 0 atom stereocenters. The molecule has 0 aromatic heterocycles. The van der Waals surface area contributed by atoms with Crippen molar-refractivity contribution >= 4 is 47.6 Å². The van der Waals surface area contributed by atoms with Gasteiger partial charge in [-0.1, -0.05) is 127 Å². The second kappa shape index (κ2) is 8.38. The van der Waals surface area contributed by atoms with Crippen LogP contribution in [-0.2, 0) is 10.8 Å². The van der Waals surface area contributed by atoms with E-state index in [1.165, 1.54) is 43.8 Å². The monoisotopic (exact) mass is 515 g/mol. The lowest BCUT2D eigenvalue weighted by Gasteiger charge is -2.49. The summed E-state index contributed by atoms with van der Waals surface area (Å²) in [6.45, 7) is 19.2. The highest BCUT2D eigenvalue weighted by Crippen LogP contribution is 2.44. The molecule has 0 aliphatic carbocycles. The van der Waals surface area contributed by atoms with Crippen molar-refractivity contribution < 1.29 is 4.74 Å². The molecule has 0 radical (unpaired) electrons. The predicted octanol–water partition coefficient (Wildman–Crippen LogP) is 6.47. The summed E-state index contributed by atoms with van der Waals surface area (Å²) >= 11 is 0. The highest BCUT2D eigenvalue weighted by molar-refractivity contribution is 7.04. The Hall–Kier alpha value is -3.24. The molecular weight excluding hydrogens is 477 g/mol. The summed E-state index contributed by atoms with van der Waals surface area (Å²) in [5.74, 6) is 1.89. The third-order valence-electron chi connectivity index (χ3n) is 8.42. The summed E-state index contributed by atoms with van der Waals surface area (Å²) in [4.78, 5) is 2.71. The van der Waals surface area contributed by atoms with E-state index in [-0.39, 0.29) is 17.7 Å². The summed E-state index contributed by atoms with van der Waals surface area (Å²) < 4.78 is 6.49. The summed E-state index contributed by atoms with van der Waals surface area (Å²) in [5, 5.41) is 3.04. The van der Waals surface area contributed by atoms with Crippen molar-refractivity contribution in [2.75, 3.05) is 4.81 Å². The Balaban J connectivity index is 1.80. The molecule has 4 aromatic carbocycles. The zero-order valence-corrected chi connectivity index (χ0v) is 25.0. The molecule has 0 N–H and O–H groups in total. The first-order valence-corrected chi connectivity index (χ1v) is 16.8. The molecular formula is C34H38BNOSi. The Labute approximate surface area is 229 Å². The second-order valence-electron chi connectivity index (χ2n) is 13.5. The number of para-hydroxylation sites is 4. The molecule has 0 saturated carbocycles. The lowest BCUT2D eigenvalue weighted by molar-refractivity contribution is 0.487. The van der Waals surface area contributed by atoms with Gasteiger partial charge in [-0.2, -0.15) is 0 Å². The van der Waals surface area contributed by atoms with E-state index in [1.54, 1.807) is 0 Å². The van der Waals surface area contributed by atoms with Gasteiger partial charge >= 0.3 is 6.85 Å². The lowest BCUT2D eigenvalue weighted by Crippen LogP contribution is -2.67. The van der Waals surface area contributed by atoms with Crippen LogP contribution in [0.3, 0.4) is 0 Å². The Kier molecular flexibility index (Phi) is 5.53. The van der Waals surface area contributed by atoms with Crippen molar-refractivity contribution in [3.8, 4) is 11.5 Å². The number of hydrogen-bond acceptors (Lipinski definition) is 2. The van der Waals surface area contributed by atoms with Gasteiger partial charge in [-0.3, -0.25) is 0 Å². The Morgan fingerprint density at radius 1 is 0.579 bits per heavy atom. The van der Waals surface area contributed by atoms with Gasteiger partial charge in [0.15, 0.2) is 0 Å². The van der Waals surface area contributed by atoms with Gasteiger partial charge in [-0.15, -0.1) is 0 Å². The van der Waals surface area contributed by atoms with E-state index in [0.29, 0.717) is 0 Å². The Bertz CT molecular complexity index is 1450. The van der Waals surface area contributed by atoms with E-state index in [1.807, 2.05) is 0 Å². The number of hydrogen-bond donors (Lipinski definition) is 0. The molecule has 192 valence electrons. The molecule has 0 bridgehead atoms. The lowest BCUT2D eigenvalue weighted by atomic mass is 9.47. The molecule has 4 aromatic rings. The van der Waals surface area contributed by atoms with Gasteiger partial charge in [0, 0.05) is 11.4 Å². The summed E-state index contributed by atoms with van der Waals surface area (Å²) in [5.41, 5.74) is 8.04. The fraction of sp³-hybridized carbons (Fsp3) is 0.294. The average Bonchev–Trinajstić information content (AvgIpc) is 2.86. The minimum Gasteiger partial charge on any atom is -0.458 e. The van der Waals surface area contributed by atoms with Crippen LogP contribution in [0, 0.1) is 0 Å². The number of rotatable bonds is 1. The standard InChI is InChI=1S/C34H38BNOSi/c1-33(2,3)23-15-13-21-29-31(23)36(32-24(34(4,5)6)16-14-22-30(32)38(29,7)8)35-25-17-9-11-19-27(25)37-28-20-12-10-18-26(28)35/h9-22H,1-8H3. The average molecular weight is 516 g/mol. The minimum atomic E-state index is -2.01. The molecule has 2 heterocycles. The van der Waals surface area contributed by atoms with E-state index in [4.69, 9.17) is 4.74 Å². The summed E-state index contributed by atoms with van der Waals surface area (Å²) in [7, 11) is -2.01. The number of benzene rings is 4. The third kappa shape index (κ3) is 3.68. The van der Waals surface area contributed by atoms with Crippen molar-refractivity contribution in [2.45, 2.75) is 65.5 Å². The first-order valence-electron chi connectivity index (χ1n) is 13.8. The highest BCUT2D eigenvalue weighted by atomic mass is 28.3. The van der Waals surface area contributed by atoms with Crippen LogP contribution in [0.4, 0.5) is 11.4 Å². The SMILES string of the molecule is CC(C)(C)c1cccc2c1N(B1c3ccccc3Oc3ccccc31)c1c(C(C)(C)C)cccc1[Si]2(C)C. The van der Waals surface area contributed by atoms with E-state index >= 15 is 0 Å². The van der Waals surface area contributed by atoms with E-state index < -0.39 is 8.07 Å². The molecule has 0 spiro atoms. The van der Waals surface area contributed by atoms with E-state index in [9.17, 15) is 0 Å². The zero-order chi connectivity index (χ0) is 27.0. The van der Waals surface area contributed by atoms with Crippen LogP contribution in [0.25, 0.3) is 0 Å². The van der Waals surface area contributed by atoms with Gasteiger partial charge in [0.2, 0.25) is 0 Å². The predicted molar refractivity (Wildman–Crippen MR) is 167 cm³/mol. The molecule has 4 heteroatoms. The first kappa shape index (κ1) is 25.1. The smallest absolute Gasteiger partial charge is 0.335 e. The van der Waals surface area contributed by atoms with Crippen molar-refractivity contribution in [2.24, 2.45) is 0 Å². The van der Waals surface area contributed by atoms with Crippen LogP contribution in [0.5, 0.6) is 11.5 Å². The van der Waals surface area contributed by atoms with Crippen LogP contribution in [0.15, 0.2) is 84.9 Å². The first-order chi connectivity index (χ1) is 17.9. The highest BCUT2D eigenvalue weighted by Gasteiger charge is 2.48. The second-order valence-corrected chi connectivity index (χ2v) is 17.8. The number of fused-ring (bicyclic) bond motifs is 4. The molecule has 0 fully saturated rings. The number of nitrogens with zero attached hydrogens (tertiary/aromatic N) is 1. The van der Waals surface area contributed by atoms with Crippen LogP contribution in [0.2, 0.25) is 13.1 Å². The van der Waals surface area contributed by atoms with Gasteiger partial charge in [0.25, 0.3) is 0 Å². The van der Waals surface area contributed by atoms with Crippen molar-refractivity contribution in [3.63, 3.8) is 0 Å². The van der Waals surface area contributed by atoms with Gasteiger partial charge in [0.1, 0.15) is 19.6 Å². The maximum absolute atomic E-state index is 6.49. The van der Waals surface area contributed by atoms with Crippen LogP contribution < -0.4 is 30.8 Å². The number of ether oxygens (including phenoxy) is 1. The summed E-state index contributed by atoms with van der Waals surface area (Å²) in [6, 6.07) is 31.3. The Morgan fingerprint density at radius 3 is 1.42 bits per heavy atom. The van der Waals surface area contributed by atoms with Crippen molar-refractivity contribution in [1.82, 2.24) is 0 Å². The molecule has 6 rings (SSSR count). The molecule has 2 aliphatic heterocycles. The maximum Gasteiger partial charge on any atom is 0.335 e. The van der Waals surface area contributed by atoms with Crippen molar-refractivity contribution in [3.05, 3.63) is 96.1 Å². The minimum absolute atomic E-state index is 0.00532. The summed E-state index contributed by atoms with van der Waals surface area (Å²) in [6.07, 6.45) is 0. The fourth-order valence-corrected chi connectivity index (χ4v) is 9.51. The van der Waals surface area contributed by atoms with E-state index in [2.05, 4.69) is 144 Å². The largest absolute Gasteiger partial charge is 0.458 e. The normalized spacial score (nSPS) is 15.7. The third-order valence-corrected chi connectivity index (χ3v) is 11.9. The zero-order valence-electron chi connectivity index (χ0n) is 24.0. The quantitative estimate of drug-likeness (QED) is 0.270. The van der Waals surface area contributed by atoms with Gasteiger partial charge in [-0.25, -0.2) is 0 Å². The van der Waals surface area contributed by atoms with Crippen LogP contribution >= 0.6 is 0 Å².